The Labute approximate surface area is 125 Å². The zero-order chi connectivity index (χ0) is 14.7. The molecule has 5 N–H and O–H groups in total. The highest BCUT2D eigenvalue weighted by Crippen LogP contribution is 2.24. The third-order valence-electron chi connectivity index (χ3n) is 2.56. The fourth-order valence-electron chi connectivity index (χ4n) is 1.66. The molecule has 1 aromatic carbocycles. The van der Waals surface area contributed by atoms with Crippen molar-refractivity contribution in [1.82, 2.24) is 9.66 Å². The Balaban J connectivity index is 2.45. The predicted molar refractivity (Wildman–Crippen MR) is 83.8 cm³/mol. The first-order chi connectivity index (χ1) is 9.54. The quantitative estimate of drug-likeness (QED) is 0.346. The van der Waals surface area contributed by atoms with Crippen molar-refractivity contribution in [2.75, 3.05) is 23.1 Å². The lowest BCUT2D eigenvalue weighted by molar-refractivity contribution is 0.102. The van der Waals surface area contributed by atoms with E-state index in [0.717, 1.165) is 0 Å². The number of carbonyl (C=O) groups excluding carboxylic acids is 1. The number of nitrogens with zero attached hydrogens (tertiary/aromatic N) is 2. The van der Waals surface area contributed by atoms with Crippen LogP contribution in [0.2, 0.25) is 0 Å². The van der Waals surface area contributed by atoms with Gasteiger partial charge in [-0.05, 0) is 30.6 Å². The molecular formula is C12H13N5OS2. The van der Waals surface area contributed by atoms with Gasteiger partial charge in [0.25, 0.3) is 5.91 Å². The SMILES string of the molecule is CSc1c(C(=O)Nc2ccccc2)c(N)nc(=S)n1N. The second-order valence-corrected chi connectivity index (χ2v) is 5.01. The van der Waals surface area contributed by atoms with Gasteiger partial charge in [-0.15, -0.1) is 11.8 Å². The first-order valence-corrected chi connectivity index (χ1v) is 7.26. The third kappa shape index (κ3) is 2.75. The normalized spacial score (nSPS) is 10.2. The topological polar surface area (TPSA) is 99.0 Å². The summed E-state index contributed by atoms with van der Waals surface area (Å²) < 4.78 is 1.30. The molecule has 0 aliphatic heterocycles. The van der Waals surface area contributed by atoms with E-state index in [9.17, 15) is 4.79 Å². The zero-order valence-electron chi connectivity index (χ0n) is 10.7. The summed E-state index contributed by atoms with van der Waals surface area (Å²) in [6, 6.07) is 9.06. The highest BCUT2D eigenvalue weighted by molar-refractivity contribution is 7.98. The number of rotatable bonds is 3. The number of carbonyl (C=O) groups is 1. The van der Waals surface area contributed by atoms with E-state index in [1.54, 1.807) is 18.4 Å². The number of anilines is 2. The molecule has 2 rings (SSSR count). The molecule has 0 saturated heterocycles. The van der Waals surface area contributed by atoms with Crippen LogP contribution in [-0.4, -0.2) is 21.8 Å². The number of hydrogen-bond acceptors (Lipinski definition) is 6. The molecule has 6 nitrogen and oxygen atoms in total. The Hall–Kier alpha value is -2.06. The van der Waals surface area contributed by atoms with Crippen molar-refractivity contribution in [1.29, 1.82) is 0 Å². The van der Waals surface area contributed by atoms with Crippen LogP contribution in [0.4, 0.5) is 11.5 Å². The van der Waals surface area contributed by atoms with Crippen molar-refractivity contribution in [2.24, 2.45) is 0 Å². The largest absolute Gasteiger partial charge is 0.383 e. The number of benzene rings is 1. The number of nitrogens with one attached hydrogen (secondary N) is 1. The van der Waals surface area contributed by atoms with E-state index >= 15 is 0 Å². The maximum atomic E-state index is 12.3. The molecule has 0 aliphatic rings. The van der Waals surface area contributed by atoms with Crippen molar-refractivity contribution in [3.63, 3.8) is 0 Å². The average Bonchev–Trinajstić information content (AvgIpc) is 2.43. The van der Waals surface area contributed by atoms with Crippen molar-refractivity contribution in [3.05, 3.63) is 40.7 Å². The number of para-hydroxylation sites is 1. The van der Waals surface area contributed by atoms with E-state index in [4.69, 9.17) is 23.8 Å². The Morgan fingerprint density at radius 2 is 2.05 bits per heavy atom. The van der Waals surface area contributed by atoms with Gasteiger partial charge in [-0.3, -0.25) is 4.79 Å². The van der Waals surface area contributed by atoms with Crippen LogP contribution in [0.1, 0.15) is 10.4 Å². The van der Waals surface area contributed by atoms with E-state index in [1.807, 2.05) is 18.2 Å². The van der Waals surface area contributed by atoms with Gasteiger partial charge >= 0.3 is 0 Å². The molecule has 0 spiro atoms. The van der Waals surface area contributed by atoms with Crippen LogP contribution in [0.25, 0.3) is 0 Å². The van der Waals surface area contributed by atoms with Crippen LogP contribution in [0.15, 0.2) is 35.4 Å². The Morgan fingerprint density at radius 1 is 1.40 bits per heavy atom. The average molecular weight is 307 g/mol. The molecular weight excluding hydrogens is 294 g/mol. The number of amides is 1. The molecule has 104 valence electrons. The lowest BCUT2D eigenvalue weighted by atomic mass is 10.2. The Morgan fingerprint density at radius 3 is 2.65 bits per heavy atom. The number of aromatic nitrogens is 2. The molecule has 20 heavy (non-hydrogen) atoms. The summed E-state index contributed by atoms with van der Waals surface area (Å²) in [7, 11) is 0. The number of hydrogen-bond donors (Lipinski definition) is 3. The minimum atomic E-state index is -0.375. The summed E-state index contributed by atoms with van der Waals surface area (Å²) >= 11 is 6.25. The van der Waals surface area contributed by atoms with Gasteiger partial charge in [0.1, 0.15) is 16.4 Å². The molecule has 0 saturated carbocycles. The molecule has 0 radical (unpaired) electrons. The van der Waals surface area contributed by atoms with Crippen molar-refractivity contribution in [2.45, 2.75) is 5.03 Å². The third-order valence-corrected chi connectivity index (χ3v) is 3.64. The molecule has 0 aliphatic carbocycles. The van der Waals surface area contributed by atoms with Crippen LogP contribution in [0.5, 0.6) is 0 Å². The second-order valence-electron chi connectivity index (χ2n) is 3.85. The lowest BCUT2D eigenvalue weighted by Gasteiger charge is -2.13. The highest BCUT2D eigenvalue weighted by atomic mass is 32.2. The zero-order valence-corrected chi connectivity index (χ0v) is 12.3. The molecule has 1 aromatic heterocycles. The minimum Gasteiger partial charge on any atom is -0.383 e. The van der Waals surface area contributed by atoms with Crippen molar-refractivity contribution < 1.29 is 4.79 Å². The summed E-state index contributed by atoms with van der Waals surface area (Å²) in [5.41, 5.74) is 6.68. The van der Waals surface area contributed by atoms with E-state index in [2.05, 4.69) is 10.3 Å². The molecule has 0 fully saturated rings. The van der Waals surface area contributed by atoms with Crippen LogP contribution in [-0.2, 0) is 0 Å². The van der Waals surface area contributed by atoms with E-state index in [-0.39, 0.29) is 22.1 Å². The minimum absolute atomic E-state index is 0.0643. The van der Waals surface area contributed by atoms with E-state index < -0.39 is 0 Å². The standard InChI is InChI=1S/C12H13N5OS2/c1-20-11-8(9(13)16-12(19)17(11)14)10(18)15-7-5-3-2-4-6-7/h2-6H,14H2,1H3,(H,15,18)(H2,13,16,19). The van der Waals surface area contributed by atoms with Gasteiger partial charge in [0.15, 0.2) is 0 Å². The van der Waals surface area contributed by atoms with Crippen molar-refractivity contribution in [3.8, 4) is 0 Å². The molecule has 8 heteroatoms. The second kappa shape index (κ2) is 5.93. The first kappa shape index (κ1) is 14.4. The van der Waals surface area contributed by atoms with Gasteiger partial charge in [-0.1, -0.05) is 18.2 Å². The van der Waals surface area contributed by atoms with E-state index in [1.165, 1.54) is 16.4 Å². The summed E-state index contributed by atoms with van der Waals surface area (Å²) in [5.74, 6) is 5.48. The van der Waals surface area contributed by atoms with Gasteiger partial charge in [0.05, 0.1) is 0 Å². The molecule has 1 heterocycles. The van der Waals surface area contributed by atoms with Gasteiger partial charge in [-0.25, -0.2) is 9.66 Å². The number of thioether (sulfide) groups is 1. The molecule has 0 atom stereocenters. The molecule has 1 amide bonds. The van der Waals surface area contributed by atoms with Gasteiger partial charge in [-0.2, -0.15) is 0 Å². The number of nitrogen functional groups attached to an aromatic ring is 2. The summed E-state index contributed by atoms with van der Waals surface area (Å²) in [6.45, 7) is 0. The molecule has 2 aromatic rings. The van der Waals surface area contributed by atoms with Crippen LogP contribution in [0.3, 0.4) is 0 Å². The maximum absolute atomic E-state index is 12.3. The fraction of sp³-hybridized carbons (Fsp3) is 0.0833. The summed E-state index contributed by atoms with van der Waals surface area (Å²) in [5, 5.41) is 3.21. The van der Waals surface area contributed by atoms with Gasteiger partial charge in [0.2, 0.25) is 4.77 Å². The molecule has 0 bridgehead atoms. The lowest BCUT2D eigenvalue weighted by Crippen LogP contribution is -2.23. The summed E-state index contributed by atoms with van der Waals surface area (Å²) in [6.07, 6.45) is 1.78. The Bertz CT molecular complexity index is 699. The monoisotopic (exact) mass is 307 g/mol. The van der Waals surface area contributed by atoms with Crippen molar-refractivity contribution >= 4 is 41.4 Å². The van der Waals surface area contributed by atoms with Gasteiger partial charge in [0, 0.05) is 5.69 Å². The van der Waals surface area contributed by atoms with Gasteiger partial charge < -0.3 is 16.9 Å². The maximum Gasteiger partial charge on any atom is 0.262 e. The first-order valence-electron chi connectivity index (χ1n) is 5.62. The molecule has 0 unspecified atom stereocenters. The van der Waals surface area contributed by atoms with Crippen LogP contribution in [0, 0.1) is 4.77 Å². The highest BCUT2D eigenvalue weighted by Gasteiger charge is 2.19. The fourth-order valence-corrected chi connectivity index (χ4v) is 2.59. The smallest absolute Gasteiger partial charge is 0.262 e. The number of nitrogens with two attached hydrogens (primary N) is 2. The van der Waals surface area contributed by atoms with Crippen LogP contribution < -0.4 is 16.9 Å². The predicted octanol–water partition coefficient (Wildman–Crippen LogP) is 1.88. The van der Waals surface area contributed by atoms with Crippen LogP contribution >= 0.6 is 24.0 Å². The Kier molecular flexibility index (Phi) is 4.26. The summed E-state index contributed by atoms with van der Waals surface area (Å²) in [4.78, 5) is 16.2. The van der Waals surface area contributed by atoms with E-state index in [0.29, 0.717) is 10.7 Å².